The number of ether oxygens (including phenoxy) is 1. The van der Waals surface area contributed by atoms with Crippen LogP contribution in [0.25, 0.3) is 0 Å². The van der Waals surface area contributed by atoms with E-state index in [1.165, 1.54) is 4.88 Å². The van der Waals surface area contributed by atoms with Crippen molar-refractivity contribution in [2.24, 2.45) is 4.99 Å². The first-order valence-corrected chi connectivity index (χ1v) is 4.33. The summed E-state index contributed by atoms with van der Waals surface area (Å²) in [7, 11) is 1.68. The van der Waals surface area contributed by atoms with Crippen LogP contribution in [-0.2, 0) is 4.74 Å². The predicted molar refractivity (Wildman–Crippen MR) is 48.7 cm³/mol. The van der Waals surface area contributed by atoms with E-state index < -0.39 is 0 Å². The molecule has 1 rings (SSSR count). The van der Waals surface area contributed by atoms with Crippen LogP contribution in [-0.4, -0.2) is 26.5 Å². The summed E-state index contributed by atoms with van der Waals surface area (Å²) in [5, 5.41) is 2.04. The van der Waals surface area contributed by atoms with E-state index in [0.29, 0.717) is 6.61 Å². The van der Waals surface area contributed by atoms with Gasteiger partial charge in [-0.05, 0) is 11.4 Å². The van der Waals surface area contributed by atoms with Crippen LogP contribution in [0.2, 0.25) is 0 Å². The van der Waals surface area contributed by atoms with Gasteiger partial charge in [-0.15, -0.1) is 11.3 Å². The zero-order valence-corrected chi connectivity index (χ0v) is 7.30. The zero-order chi connectivity index (χ0) is 7.94. The largest absolute Gasteiger partial charge is 0.383 e. The van der Waals surface area contributed by atoms with Crippen molar-refractivity contribution in [1.29, 1.82) is 0 Å². The highest BCUT2D eigenvalue weighted by atomic mass is 32.1. The van der Waals surface area contributed by atoms with Crippen molar-refractivity contribution in [3.8, 4) is 0 Å². The maximum absolute atomic E-state index is 4.85. The average Bonchev–Trinajstić information content (AvgIpc) is 2.50. The van der Waals surface area contributed by atoms with E-state index >= 15 is 0 Å². The second-order valence-electron chi connectivity index (χ2n) is 2.04. The van der Waals surface area contributed by atoms with Gasteiger partial charge in [0.05, 0.1) is 13.2 Å². The summed E-state index contributed by atoms with van der Waals surface area (Å²) >= 11 is 1.69. The smallest absolute Gasteiger partial charge is 0.0658 e. The third-order valence-electron chi connectivity index (χ3n) is 1.19. The lowest BCUT2D eigenvalue weighted by molar-refractivity contribution is 0.208. The Morgan fingerprint density at radius 2 is 2.64 bits per heavy atom. The Morgan fingerprint density at radius 3 is 3.27 bits per heavy atom. The molecule has 1 aromatic rings. The Labute approximate surface area is 70.5 Å². The van der Waals surface area contributed by atoms with Crippen LogP contribution in [0.5, 0.6) is 0 Å². The summed E-state index contributed by atoms with van der Waals surface area (Å²) in [5.74, 6) is 0. The second kappa shape index (κ2) is 5.04. The number of hydrogen-bond donors (Lipinski definition) is 0. The maximum Gasteiger partial charge on any atom is 0.0658 e. The van der Waals surface area contributed by atoms with Crippen molar-refractivity contribution in [2.75, 3.05) is 20.3 Å². The lowest BCUT2D eigenvalue weighted by Crippen LogP contribution is -1.92. The monoisotopic (exact) mass is 169 g/mol. The van der Waals surface area contributed by atoms with Gasteiger partial charge >= 0.3 is 0 Å². The molecule has 3 heteroatoms. The molecule has 0 radical (unpaired) electrons. The van der Waals surface area contributed by atoms with E-state index in [4.69, 9.17) is 4.74 Å². The summed E-state index contributed by atoms with van der Waals surface area (Å²) < 4.78 is 4.85. The molecular formula is C8H11NOS. The van der Waals surface area contributed by atoms with E-state index in [-0.39, 0.29) is 0 Å². The standard InChI is InChI=1S/C8H11NOS/c1-10-5-4-9-7-8-3-2-6-11-8/h2-3,6-7H,4-5H2,1H3/b9-7+. The number of nitrogens with zero attached hydrogens (tertiary/aromatic N) is 1. The molecule has 1 aromatic heterocycles. The number of hydrogen-bond acceptors (Lipinski definition) is 3. The van der Waals surface area contributed by atoms with Crippen LogP contribution >= 0.6 is 11.3 Å². The zero-order valence-electron chi connectivity index (χ0n) is 6.49. The van der Waals surface area contributed by atoms with Crippen LogP contribution in [0.1, 0.15) is 4.88 Å². The minimum Gasteiger partial charge on any atom is -0.383 e. The van der Waals surface area contributed by atoms with E-state index in [1.54, 1.807) is 18.4 Å². The Bertz CT molecular complexity index is 206. The number of thiophene rings is 1. The van der Waals surface area contributed by atoms with Gasteiger partial charge in [0, 0.05) is 18.2 Å². The third kappa shape index (κ3) is 3.30. The molecule has 0 fully saturated rings. The normalized spacial score (nSPS) is 11.0. The van der Waals surface area contributed by atoms with Gasteiger partial charge in [-0.1, -0.05) is 6.07 Å². The fourth-order valence-corrected chi connectivity index (χ4v) is 1.27. The van der Waals surface area contributed by atoms with Crippen LogP contribution in [0, 0.1) is 0 Å². The number of aliphatic imine (C=N–C) groups is 1. The van der Waals surface area contributed by atoms with Gasteiger partial charge in [-0.3, -0.25) is 4.99 Å². The highest BCUT2D eigenvalue weighted by Gasteiger charge is 1.84. The molecule has 0 aliphatic carbocycles. The van der Waals surface area contributed by atoms with E-state index in [2.05, 4.69) is 4.99 Å². The van der Waals surface area contributed by atoms with Crippen LogP contribution in [0.15, 0.2) is 22.5 Å². The topological polar surface area (TPSA) is 21.6 Å². The molecular weight excluding hydrogens is 158 g/mol. The summed E-state index contributed by atoms with van der Waals surface area (Å²) in [6.07, 6.45) is 1.88. The summed E-state index contributed by atoms with van der Waals surface area (Å²) in [6, 6.07) is 4.06. The van der Waals surface area contributed by atoms with Crippen molar-refractivity contribution in [2.45, 2.75) is 0 Å². The van der Waals surface area contributed by atoms with Gasteiger partial charge in [-0.2, -0.15) is 0 Å². The number of methoxy groups -OCH3 is 1. The molecule has 1 heterocycles. The molecule has 0 aliphatic heterocycles. The average molecular weight is 169 g/mol. The fourth-order valence-electron chi connectivity index (χ4n) is 0.663. The fraction of sp³-hybridized carbons (Fsp3) is 0.375. The molecule has 0 saturated carbocycles. The van der Waals surface area contributed by atoms with E-state index in [0.717, 1.165) is 6.54 Å². The van der Waals surface area contributed by atoms with Gasteiger partial charge < -0.3 is 4.74 Å². The van der Waals surface area contributed by atoms with Crippen LogP contribution in [0.3, 0.4) is 0 Å². The molecule has 2 nitrogen and oxygen atoms in total. The molecule has 0 aliphatic rings. The first-order chi connectivity index (χ1) is 5.43. The molecule has 0 aromatic carbocycles. The highest BCUT2D eigenvalue weighted by molar-refractivity contribution is 7.11. The minimum atomic E-state index is 0.696. The molecule has 0 saturated heterocycles. The van der Waals surface area contributed by atoms with E-state index in [9.17, 15) is 0 Å². The van der Waals surface area contributed by atoms with Gasteiger partial charge in [0.15, 0.2) is 0 Å². The van der Waals surface area contributed by atoms with Crippen LogP contribution in [0.4, 0.5) is 0 Å². The van der Waals surface area contributed by atoms with Crippen molar-refractivity contribution in [3.05, 3.63) is 22.4 Å². The first kappa shape index (κ1) is 8.43. The molecule has 0 N–H and O–H groups in total. The highest BCUT2D eigenvalue weighted by Crippen LogP contribution is 2.04. The lowest BCUT2D eigenvalue weighted by atomic mass is 10.5. The van der Waals surface area contributed by atoms with Crippen LogP contribution < -0.4 is 0 Å². The summed E-state index contributed by atoms with van der Waals surface area (Å²) in [5.41, 5.74) is 0. The molecule has 0 spiro atoms. The Hall–Kier alpha value is -0.670. The maximum atomic E-state index is 4.85. The van der Waals surface area contributed by atoms with Crippen molar-refractivity contribution in [3.63, 3.8) is 0 Å². The quantitative estimate of drug-likeness (QED) is 0.497. The first-order valence-electron chi connectivity index (χ1n) is 3.46. The second-order valence-corrected chi connectivity index (χ2v) is 3.02. The van der Waals surface area contributed by atoms with Gasteiger partial charge in [0.2, 0.25) is 0 Å². The minimum absolute atomic E-state index is 0.696. The molecule has 0 atom stereocenters. The molecule has 0 amide bonds. The Morgan fingerprint density at radius 1 is 1.73 bits per heavy atom. The SMILES string of the molecule is COCC/N=C/c1cccs1. The summed E-state index contributed by atoms with van der Waals surface area (Å²) in [6.45, 7) is 1.44. The van der Waals surface area contributed by atoms with E-state index in [1.807, 2.05) is 23.7 Å². The molecule has 60 valence electrons. The van der Waals surface area contributed by atoms with Gasteiger partial charge in [0.25, 0.3) is 0 Å². The number of rotatable bonds is 4. The summed E-state index contributed by atoms with van der Waals surface area (Å²) in [4.78, 5) is 5.36. The lowest BCUT2D eigenvalue weighted by Gasteiger charge is -1.89. The molecule has 11 heavy (non-hydrogen) atoms. The van der Waals surface area contributed by atoms with Gasteiger partial charge in [0.1, 0.15) is 0 Å². The third-order valence-corrected chi connectivity index (χ3v) is 1.99. The molecule has 0 bridgehead atoms. The van der Waals surface area contributed by atoms with Crippen molar-refractivity contribution in [1.82, 2.24) is 0 Å². The molecule has 0 unspecified atom stereocenters. The predicted octanol–water partition coefficient (Wildman–Crippen LogP) is 1.81. The Balaban J connectivity index is 2.25. The Kier molecular flexibility index (Phi) is 3.86. The van der Waals surface area contributed by atoms with Crippen molar-refractivity contribution >= 4 is 17.6 Å². The van der Waals surface area contributed by atoms with Crippen molar-refractivity contribution < 1.29 is 4.74 Å². The van der Waals surface area contributed by atoms with Gasteiger partial charge in [-0.25, -0.2) is 0 Å².